The highest BCUT2D eigenvalue weighted by Gasteiger charge is 2.19. The van der Waals surface area contributed by atoms with Crippen LogP contribution in [0.3, 0.4) is 0 Å². The minimum atomic E-state index is -0.384. The summed E-state index contributed by atoms with van der Waals surface area (Å²) in [6.07, 6.45) is 0.599. The number of carbonyl (C=O) groups excluding carboxylic acids is 1. The van der Waals surface area contributed by atoms with E-state index in [1.54, 1.807) is 0 Å². The van der Waals surface area contributed by atoms with Crippen molar-refractivity contribution >= 4 is 11.7 Å². The molecule has 1 N–H and O–H groups in total. The third-order valence-electron chi connectivity index (χ3n) is 3.16. The number of hydrogen-bond donors (Lipinski definition) is 1. The van der Waals surface area contributed by atoms with Crippen LogP contribution in [0, 0.1) is 6.92 Å². The summed E-state index contributed by atoms with van der Waals surface area (Å²) >= 11 is 0. The molecule has 0 aliphatic carbocycles. The summed E-state index contributed by atoms with van der Waals surface area (Å²) in [6, 6.07) is 17.5. The van der Waals surface area contributed by atoms with Crippen molar-refractivity contribution in [1.82, 2.24) is 0 Å². The van der Waals surface area contributed by atoms with Gasteiger partial charge in [0.15, 0.2) is 0 Å². The van der Waals surface area contributed by atoms with Crippen molar-refractivity contribution in [3.05, 3.63) is 65.7 Å². The highest BCUT2D eigenvalue weighted by Crippen LogP contribution is 2.13. The van der Waals surface area contributed by atoms with Crippen molar-refractivity contribution in [2.24, 2.45) is 0 Å². The van der Waals surface area contributed by atoms with Gasteiger partial charge in [-0.1, -0.05) is 48.0 Å². The Balaban J connectivity index is 2.11. The van der Waals surface area contributed by atoms with Gasteiger partial charge in [0.1, 0.15) is 6.04 Å². The Hall–Kier alpha value is -2.29. The molecule has 3 heteroatoms. The fourth-order valence-corrected chi connectivity index (χ4v) is 2.04. The number of benzene rings is 2. The summed E-state index contributed by atoms with van der Waals surface area (Å²) in [4.78, 5) is 11.9. The van der Waals surface area contributed by atoms with Crippen LogP contribution in [0.15, 0.2) is 54.6 Å². The molecule has 0 fully saturated rings. The number of nitrogens with one attached hydrogen (secondary N) is 1. The van der Waals surface area contributed by atoms with E-state index in [-0.39, 0.29) is 12.0 Å². The van der Waals surface area contributed by atoms with Crippen LogP contribution in [-0.4, -0.2) is 19.1 Å². The first-order chi connectivity index (χ1) is 9.69. The molecule has 0 radical (unpaired) electrons. The van der Waals surface area contributed by atoms with E-state index in [0.29, 0.717) is 6.42 Å². The minimum absolute atomic E-state index is 0.255. The van der Waals surface area contributed by atoms with Gasteiger partial charge in [-0.25, -0.2) is 4.79 Å². The van der Waals surface area contributed by atoms with Gasteiger partial charge in [-0.2, -0.15) is 0 Å². The van der Waals surface area contributed by atoms with Crippen LogP contribution in [0.5, 0.6) is 0 Å². The zero-order valence-electron chi connectivity index (χ0n) is 11.8. The molecule has 2 rings (SSSR count). The maximum absolute atomic E-state index is 11.9. The molecule has 104 valence electrons. The van der Waals surface area contributed by atoms with Gasteiger partial charge in [-0.3, -0.25) is 0 Å². The summed E-state index contributed by atoms with van der Waals surface area (Å²) in [5, 5.41) is 3.23. The molecule has 0 amide bonds. The second-order valence-electron chi connectivity index (χ2n) is 4.78. The van der Waals surface area contributed by atoms with Crippen LogP contribution in [0.2, 0.25) is 0 Å². The number of hydrogen-bond acceptors (Lipinski definition) is 3. The first-order valence-corrected chi connectivity index (χ1v) is 6.64. The van der Waals surface area contributed by atoms with Crippen molar-refractivity contribution < 1.29 is 9.53 Å². The van der Waals surface area contributed by atoms with Crippen LogP contribution in [-0.2, 0) is 16.0 Å². The predicted octanol–water partition coefficient (Wildman–Crippen LogP) is 3.19. The van der Waals surface area contributed by atoms with Crippen LogP contribution in [0.25, 0.3) is 0 Å². The summed E-state index contributed by atoms with van der Waals surface area (Å²) in [5.74, 6) is -0.255. The van der Waals surface area contributed by atoms with Crippen LogP contribution in [0.4, 0.5) is 5.69 Å². The number of anilines is 1. The van der Waals surface area contributed by atoms with Gasteiger partial charge in [0, 0.05) is 12.1 Å². The predicted molar refractivity (Wildman–Crippen MR) is 80.8 cm³/mol. The van der Waals surface area contributed by atoms with E-state index in [9.17, 15) is 4.79 Å². The summed E-state index contributed by atoms with van der Waals surface area (Å²) in [7, 11) is 1.41. The first-order valence-electron chi connectivity index (χ1n) is 6.64. The Labute approximate surface area is 119 Å². The fourth-order valence-electron chi connectivity index (χ4n) is 2.04. The lowest BCUT2D eigenvalue weighted by Crippen LogP contribution is -2.32. The summed E-state index contributed by atoms with van der Waals surface area (Å²) in [5.41, 5.74) is 3.21. The quantitative estimate of drug-likeness (QED) is 0.847. The maximum Gasteiger partial charge on any atom is 0.328 e. The molecule has 0 aromatic heterocycles. The standard InChI is InChI=1S/C17H19NO2/c1-13-8-10-15(11-9-13)18-16(17(19)20-2)12-14-6-4-3-5-7-14/h3-11,16,18H,12H2,1-2H3/t16-/m0/s1. The molecule has 0 saturated heterocycles. The zero-order valence-corrected chi connectivity index (χ0v) is 11.8. The van der Waals surface area contributed by atoms with E-state index >= 15 is 0 Å². The Morgan fingerprint density at radius 1 is 1.10 bits per heavy atom. The number of aryl methyl sites for hydroxylation is 1. The lowest BCUT2D eigenvalue weighted by atomic mass is 10.1. The molecule has 0 bridgehead atoms. The number of ether oxygens (including phenoxy) is 1. The number of esters is 1. The van der Waals surface area contributed by atoms with Crippen LogP contribution < -0.4 is 5.32 Å². The van der Waals surface area contributed by atoms with Gasteiger partial charge >= 0.3 is 5.97 Å². The maximum atomic E-state index is 11.9. The van der Waals surface area contributed by atoms with Gasteiger partial charge in [-0.05, 0) is 24.6 Å². The number of methoxy groups -OCH3 is 1. The van der Waals surface area contributed by atoms with E-state index < -0.39 is 0 Å². The molecule has 2 aromatic carbocycles. The highest BCUT2D eigenvalue weighted by atomic mass is 16.5. The molecule has 0 aliphatic rings. The molecular weight excluding hydrogens is 250 g/mol. The van der Waals surface area contributed by atoms with Crippen molar-refractivity contribution in [1.29, 1.82) is 0 Å². The normalized spacial score (nSPS) is 11.7. The average molecular weight is 269 g/mol. The second-order valence-corrected chi connectivity index (χ2v) is 4.78. The van der Waals surface area contributed by atoms with Crippen molar-refractivity contribution in [2.75, 3.05) is 12.4 Å². The molecule has 0 saturated carbocycles. The topological polar surface area (TPSA) is 38.3 Å². The van der Waals surface area contributed by atoms with E-state index in [0.717, 1.165) is 11.3 Å². The molecule has 3 nitrogen and oxygen atoms in total. The fraction of sp³-hybridized carbons (Fsp3) is 0.235. The van der Waals surface area contributed by atoms with E-state index in [1.165, 1.54) is 12.7 Å². The molecule has 0 aliphatic heterocycles. The molecule has 20 heavy (non-hydrogen) atoms. The van der Waals surface area contributed by atoms with Gasteiger partial charge in [0.25, 0.3) is 0 Å². The molecular formula is C17H19NO2. The first kappa shape index (κ1) is 14.1. The van der Waals surface area contributed by atoms with Crippen molar-refractivity contribution in [3.63, 3.8) is 0 Å². The van der Waals surface area contributed by atoms with Crippen LogP contribution >= 0.6 is 0 Å². The van der Waals surface area contributed by atoms with Crippen LogP contribution in [0.1, 0.15) is 11.1 Å². The Morgan fingerprint density at radius 3 is 2.35 bits per heavy atom. The summed E-state index contributed by atoms with van der Waals surface area (Å²) in [6.45, 7) is 2.03. The van der Waals surface area contributed by atoms with Gasteiger partial charge < -0.3 is 10.1 Å². The molecule has 0 spiro atoms. The molecule has 0 heterocycles. The molecule has 1 atom stereocenters. The minimum Gasteiger partial charge on any atom is -0.467 e. The average Bonchev–Trinajstić information content (AvgIpc) is 2.49. The lowest BCUT2D eigenvalue weighted by molar-refractivity contribution is -0.141. The van der Waals surface area contributed by atoms with E-state index in [2.05, 4.69) is 5.32 Å². The van der Waals surface area contributed by atoms with E-state index in [4.69, 9.17) is 4.74 Å². The number of rotatable bonds is 5. The Morgan fingerprint density at radius 2 is 1.75 bits per heavy atom. The number of carbonyl (C=O) groups is 1. The largest absolute Gasteiger partial charge is 0.467 e. The lowest BCUT2D eigenvalue weighted by Gasteiger charge is -2.18. The molecule has 2 aromatic rings. The highest BCUT2D eigenvalue weighted by molar-refractivity contribution is 5.79. The Bertz CT molecular complexity index is 549. The third kappa shape index (κ3) is 3.85. The van der Waals surface area contributed by atoms with Gasteiger partial charge in [0.2, 0.25) is 0 Å². The van der Waals surface area contributed by atoms with Crippen molar-refractivity contribution in [2.45, 2.75) is 19.4 Å². The molecule has 0 unspecified atom stereocenters. The summed E-state index contributed by atoms with van der Waals surface area (Å²) < 4.78 is 4.88. The second kappa shape index (κ2) is 6.75. The third-order valence-corrected chi connectivity index (χ3v) is 3.16. The van der Waals surface area contributed by atoms with Crippen molar-refractivity contribution in [3.8, 4) is 0 Å². The monoisotopic (exact) mass is 269 g/mol. The smallest absolute Gasteiger partial charge is 0.328 e. The zero-order chi connectivity index (χ0) is 14.4. The SMILES string of the molecule is COC(=O)[C@H](Cc1ccccc1)Nc1ccc(C)cc1. The van der Waals surface area contributed by atoms with Gasteiger partial charge in [0.05, 0.1) is 7.11 Å². The Kier molecular flexibility index (Phi) is 4.77. The van der Waals surface area contributed by atoms with Gasteiger partial charge in [-0.15, -0.1) is 0 Å². The van der Waals surface area contributed by atoms with E-state index in [1.807, 2.05) is 61.5 Å².